The number of unbranched alkanes of at least 4 members (excludes halogenated alkanes) is 3. The second-order valence-corrected chi connectivity index (χ2v) is 1.90. The van der Waals surface area contributed by atoms with Gasteiger partial charge >= 0.3 is 0 Å². The molecule has 1 heteroatoms. The van der Waals surface area contributed by atoms with Crippen LogP contribution in [0.3, 0.4) is 0 Å². The van der Waals surface area contributed by atoms with Crippen molar-refractivity contribution in [3.63, 3.8) is 0 Å². The monoisotopic (exact) mass is 124 g/mol. The predicted octanol–water partition coefficient (Wildman–Crippen LogP) is 2.12. The molecule has 0 aliphatic rings. The van der Waals surface area contributed by atoms with Crippen LogP contribution < -0.4 is 0 Å². The lowest BCUT2D eigenvalue weighted by molar-refractivity contribution is 0.567. The molecule has 0 fully saturated rings. The molecule has 9 heavy (non-hydrogen) atoms. The Hall–Kier alpha value is -0.810. The third-order valence-electron chi connectivity index (χ3n) is 1.09. The van der Waals surface area contributed by atoms with Crippen molar-refractivity contribution in [1.29, 1.82) is 0 Å². The molecule has 0 aliphatic heterocycles. The van der Waals surface area contributed by atoms with Gasteiger partial charge in [0.15, 0.2) is 0 Å². The van der Waals surface area contributed by atoms with Crippen LogP contribution in [0.15, 0.2) is 18.7 Å². The van der Waals surface area contributed by atoms with Gasteiger partial charge in [0.05, 0.1) is 0 Å². The van der Waals surface area contributed by atoms with Gasteiger partial charge in [0, 0.05) is 0 Å². The smallest absolute Gasteiger partial charge is 0.120 e. The maximum atomic E-state index is 9.64. The van der Waals surface area contributed by atoms with Gasteiger partial charge in [-0.05, 0) is 31.8 Å². The molecule has 0 saturated carbocycles. The van der Waals surface area contributed by atoms with Gasteiger partial charge in [-0.15, -0.1) is 6.58 Å². The molecule has 0 aromatic rings. The maximum Gasteiger partial charge on any atom is 0.120 e. The van der Waals surface area contributed by atoms with Crippen molar-refractivity contribution in [3.8, 4) is 0 Å². The first-order chi connectivity index (χ1) is 4.41. The molecule has 0 aromatic carbocycles. The van der Waals surface area contributed by atoms with E-state index in [2.05, 4.69) is 6.58 Å². The summed E-state index contributed by atoms with van der Waals surface area (Å²) >= 11 is 0. The average molecular weight is 124 g/mol. The number of hydrogen-bond acceptors (Lipinski definition) is 1. The van der Waals surface area contributed by atoms with Gasteiger partial charge in [-0.25, -0.2) is 4.79 Å². The lowest BCUT2D eigenvalue weighted by Crippen LogP contribution is -1.70. The molecule has 50 valence electrons. The van der Waals surface area contributed by atoms with Crippen LogP contribution in [0.5, 0.6) is 0 Å². The summed E-state index contributed by atoms with van der Waals surface area (Å²) in [4.78, 5) is 9.64. The van der Waals surface area contributed by atoms with Crippen molar-refractivity contribution in [3.05, 3.63) is 18.7 Å². The highest BCUT2D eigenvalue weighted by Crippen LogP contribution is 1.98. The van der Waals surface area contributed by atoms with Gasteiger partial charge in [-0.3, -0.25) is 0 Å². The molecule has 0 amide bonds. The summed E-state index contributed by atoms with van der Waals surface area (Å²) < 4.78 is 0. The Morgan fingerprint density at radius 2 is 2.00 bits per heavy atom. The quantitative estimate of drug-likeness (QED) is 0.311. The van der Waals surface area contributed by atoms with E-state index >= 15 is 0 Å². The molecule has 0 heterocycles. The third kappa shape index (κ3) is 7.19. The molecule has 0 radical (unpaired) electrons. The molecule has 0 atom stereocenters. The van der Waals surface area contributed by atoms with Crippen molar-refractivity contribution < 1.29 is 4.79 Å². The topological polar surface area (TPSA) is 17.1 Å². The Labute approximate surface area is 56.1 Å². The zero-order valence-electron chi connectivity index (χ0n) is 5.60. The molecule has 0 spiro atoms. The summed E-state index contributed by atoms with van der Waals surface area (Å²) in [5.74, 6) is 1.74. The van der Waals surface area contributed by atoms with Crippen molar-refractivity contribution in [2.24, 2.45) is 0 Å². The first kappa shape index (κ1) is 8.19. The molecule has 0 aromatic heterocycles. The molecule has 0 saturated heterocycles. The van der Waals surface area contributed by atoms with Crippen molar-refractivity contribution in [2.75, 3.05) is 0 Å². The molecule has 0 unspecified atom stereocenters. The van der Waals surface area contributed by atoms with E-state index in [1.807, 2.05) is 6.08 Å². The lowest BCUT2D eigenvalue weighted by atomic mass is 10.2. The maximum absolute atomic E-state index is 9.64. The summed E-state index contributed by atoms with van der Waals surface area (Å²) in [6, 6.07) is 0. The number of allylic oxidation sites excluding steroid dienone is 2. The first-order valence-electron chi connectivity index (χ1n) is 3.22. The highest BCUT2D eigenvalue weighted by molar-refractivity contribution is 5.44. The van der Waals surface area contributed by atoms with Crippen molar-refractivity contribution >= 4 is 5.94 Å². The van der Waals surface area contributed by atoms with Crippen LogP contribution in [0.4, 0.5) is 0 Å². The number of rotatable bonds is 5. The van der Waals surface area contributed by atoms with E-state index in [9.17, 15) is 4.79 Å². The van der Waals surface area contributed by atoms with E-state index in [1.54, 1.807) is 5.94 Å². The van der Waals surface area contributed by atoms with Gasteiger partial charge in [0.2, 0.25) is 0 Å². The SMILES string of the molecule is C=CCCCCC=C=O. The molecule has 0 aliphatic carbocycles. The Kier molecular flexibility index (Phi) is 6.54. The fraction of sp³-hybridized carbons (Fsp3) is 0.500. The van der Waals surface area contributed by atoms with Crippen LogP contribution in [0.1, 0.15) is 25.7 Å². The second-order valence-electron chi connectivity index (χ2n) is 1.90. The molecular weight excluding hydrogens is 112 g/mol. The molecule has 1 nitrogen and oxygen atoms in total. The van der Waals surface area contributed by atoms with Gasteiger partial charge in [0.25, 0.3) is 0 Å². The van der Waals surface area contributed by atoms with Crippen LogP contribution in [-0.4, -0.2) is 5.94 Å². The molecule has 0 rings (SSSR count). The zero-order chi connectivity index (χ0) is 6.95. The molecular formula is C8H12O. The minimum atomic E-state index is 0.858. The number of carbonyl (C=O) groups excluding carboxylic acids is 1. The Morgan fingerprint density at radius 3 is 2.56 bits per heavy atom. The standard InChI is InChI=1S/C8H12O/c1-2-3-4-5-6-7-8-9/h2,7H,1,3-6H2. The normalized spacial score (nSPS) is 8.00. The van der Waals surface area contributed by atoms with Crippen LogP contribution >= 0.6 is 0 Å². The van der Waals surface area contributed by atoms with Gasteiger partial charge < -0.3 is 0 Å². The van der Waals surface area contributed by atoms with E-state index in [1.165, 1.54) is 6.08 Å². The van der Waals surface area contributed by atoms with E-state index in [0.29, 0.717) is 0 Å². The summed E-state index contributed by atoms with van der Waals surface area (Å²) in [5.41, 5.74) is 0. The Morgan fingerprint density at radius 1 is 1.33 bits per heavy atom. The van der Waals surface area contributed by atoms with Gasteiger partial charge in [0.1, 0.15) is 5.94 Å². The molecule has 0 N–H and O–H groups in total. The summed E-state index contributed by atoms with van der Waals surface area (Å²) in [5, 5.41) is 0. The van der Waals surface area contributed by atoms with E-state index in [-0.39, 0.29) is 0 Å². The van der Waals surface area contributed by atoms with Crippen LogP contribution in [0.2, 0.25) is 0 Å². The zero-order valence-corrected chi connectivity index (χ0v) is 5.60. The number of hydrogen-bond donors (Lipinski definition) is 0. The van der Waals surface area contributed by atoms with E-state index in [0.717, 1.165) is 25.7 Å². The predicted molar refractivity (Wildman–Crippen MR) is 38.9 cm³/mol. The van der Waals surface area contributed by atoms with Gasteiger partial charge in [-0.2, -0.15) is 0 Å². The minimum absolute atomic E-state index is 0.858. The van der Waals surface area contributed by atoms with E-state index in [4.69, 9.17) is 0 Å². The minimum Gasteiger partial charge on any atom is -0.234 e. The third-order valence-corrected chi connectivity index (χ3v) is 1.09. The summed E-state index contributed by atoms with van der Waals surface area (Å²) in [7, 11) is 0. The largest absolute Gasteiger partial charge is 0.234 e. The highest BCUT2D eigenvalue weighted by atomic mass is 16.1. The second kappa shape index (κ2) is 7.19. The Bertz CT molecular complexity index is 110. The van der Waals surface area contributed by atoms with Crippen LogP contribution in [-0.2, 0) is 4.79 Å². The first-order valence-corrected chi connectivity index (χ1v) is 3.22. The fourth-order valence-electron chi connectivity index (χ4n) is 0.594. The lowest BCUT2D eigenvalue weighted by Gasteiger charge is -1.88. The summed E-state index contributed by atoms with van der Waals surface area (Å²) in [6.07, 6.45) is 7.53. The van der Waals surface area contributed by atoms with Crippen LogP contribution in [0.25, 0.3) is 0 Å². The summed E-state index contributed by atoms with van der Waals surface area (Å²) in [6.45, 7) is 3.59. The molecule has 0 bridgehead atoms. The van der Waals surface area contributed by atoms with Crippen molar-refractivity contribution in [2.45, 2.75) is 25.7 Å². The average Bonchev–Trinajstić information content (AvgIpc) is 1.89. The van der Waals surface area contributed by atoms with Crippen molar-refractivity contribution in [1.82, 2.24) is 0 Å². The van der Waals surface area contributed by atoms with Crippen LogP contribution in [0, 0.1) is 0 Å². The van der Waals surface area contributed by atoms with E-state index < -0.39 is 0 Å². The van der Waals surface area contributed by atoms with Gasteiger partial charge in [-0.1, -0.05) is 6.08 Å². The Balaban J connectivity index is 2.90. The fourth-order valence-corrected chi connectivity index (χ4v) is 0.594. The highest BCUT2D eigenvalue weighted by Gasteiger charge is 1.80.